The summed E-state index contributed by atoms with van der Waals surface area (Å²) in [4.78, 5) is 17.6. The minimum absolute atomic E-state index is 0.215. The molecule has 1 aliphatic rings. The molecule has 3 heterocycles. The van der Waals surface area contributed by atoms with Crippen LogP contribution in [0.15, 0.2) is 47.1 Å². The highest BCUT2D eigenvalue weighted by molar-refractivity contribution is 5.51. The molecular formula is C20H25N7O2. The zero-order valence-corrected chi connectivity index (χ0v) is 16.4. The van der Waals surface area contributed by atoms with Gasteiger partial charge in [0, 0.05) is 37.9 Å². The molecule has 9 heteroatoms. The normalized spacial score (nSPS) is 14.7. The van der Waals surface area contributed by atoms with Crippen LogP contribution >= 0.6 is 0 Å². The van der Waals surface area contributed by atoms with Gasteiger partial charge in [0.15, 0.2) is 0 Å². The smallest absolute Gasteiger partial charge is 0.228 e. The maximum Gasteiger partial charge on any atom is 0.228 e. The van der Waals surface area contributed by atoms with Gasteiger partial charge in [-0.3, -0.25) is 4.90 Å². The average Bonchev–Trinajstić information content (AvgIpc) is 3.26. The number of piperazine rings is 1. The molecule has 0 spiro atoms. The molecule has 2 aromatic heterocycles. The molecule has 1 aromatic carbocycles. The summed E-state index contributed by atoms with van der Waals surface area (Å²) < 4.78 is 10.6. The number of nitrogens with zero attached hydrogens (tertiary/aromatic N) is 5. The second kappa shape index (κ2) is 8.78. The first kappa shape index (κ1) is 19.0. The standard InChI is InChI=1S/C20H25N7O2/c1-28-16-5-2-4-15(12-16)27-9-7-26(8-10-27)14-18-23-19(21)25-20(24-18)22-13-17-6-3-11-29-17/h2-6,11-12H,7-10,13-14H2,1H3,(H3,21,22,23,24,25). The Morgan fingerprint density at radius 3 is 2.72 bits per heavy atom. The Balaban J connectivity index is 1.34. The molecule has 0 atom stereocenters. The maximum absolute atomic E-state index is 5.87. The van der Waals surface area contributed by atoms with E-state index in [0.717, 1.165) is 37.7 Å². The van der Waals surface area contributed by atoms with E-state index in [0.29, 0.717) is 24.9 Å². The van der Waals surface area contributed by atoms with Gasteiger partial charge in [-0.1, -0.05) is 6.07 Å². The van der Waals surface area contributed by atoms with E-state index in [4.69, 9.17) is 14.9 Å². The van der Waals surface area contributed by atoms with Gasteiger partial charge in [-0.05, 0) is 24.3 Å². The number of hydrogen-bond acceptors (Lipinski definition) is 9. The van der Waals surface area contributed by atoms with Crippen molar-refractivity contribution in [2.24, 2.45) is 0 Å². The summed E-state index contributed by atoms with van der Waals surface area (Å²) in [7, 11) is 1.69. The maximum atomic E-state index is 5.87. The summed E-state index contributed by atoms with van der Waals surface area (Å²) >= 11 is 0. The first-order chi connectivity index (χ1) is 14.2. The van der Waals surface area contributed by atoms with Gasteiger partial charge >= 0.3 is 0 Å². The number of rotatable bonds is 7. The van der Waals surface area contributed by atoms with E-state index in [1.54, 1.807) is 13.4 Å². The fourth-order valence-electron chi connectivity index (χ4n) is 3.34. The van der Waals surface area contributed by atoms with Crippen molar-refractivity contribution in [3.63, 3.8) is 0 Å². The number of hydrogen-bond donors (Lipinski definition) is 2. The third kappa shape index (κ3) is 4.94. The molecule has 0 radical (unpaired) electrons. The van der Waals surface area contributed by atoms with Gasteiger partial charge in [0.05, 0.1) is 26.5 Å². The van der Waals surface area contributed by atoms with Gasteiger partial charge in [0.1, 0.15) is 17.3 Å². The third-order valence-corrected chi connectivity index (χ3v) is 4.86. The van der Waals surface area contributed by atoms with Gasteiger partial charge in [-0.25, -0.2) is 0 Å². The molecule has 4 rings (SSSR count). The van der Waals surface area contributed by atoms with E-state index >= 15 is 0 Å². The lowest BCUT2D eigenvalue weighted by atomic mass is 10.2. The molecule has 1 fully saturated rings. The molecule has 0 aliphatic carbocycles. The number of furan rings is 1. The van der Waals surface area contributed by atoms with Crippen LogP contribution in [0.5, 0.6) is 5.75 Å². The van der Waals surface area contributed by atoms with E-state index in [9.17, 15) is 0 Å². The van der Waals surface area contributed by atoms with E-state index in [-0.39, 0.29) is 5.95 Å². The SMILES string of the molecule is COc1cccc(N2CCN(Cc3nc(N)nc(NCc4ccco4)n3)CC2)c1. The molecule has 152 valence electrons. The number of ether oxygens (including phenoxy) is 1. The lowest BCUT2D eigenvalue weighted by molar-refractivity contribution is 0.244. The lowest BCUT2D eigenvalue weighted by Crippen LogP contribution is -2.46. The van der Waals surface area contributed by atoms with Gasteiger partial charge in [0.2, 0.25) is 11.9 Å². The quantitative estimate of drug-likeness (QED) is 0.621. The summed E-state index contributed by atoms with van der Waals surface area (Å²) in [6.07, 6.45) is 1.63. The third-order valence-electron chi connectivity index (χ3n) is 4.86. The van der Waals surface area contributed by atoms with E-state index in [1.807, 2.05) is 24.3 Å². The van der Waals surface area contributed by atoms with Crippen molar-refractivity contribution in [2.75, 3.05) is 49.2 Å². The molecule has 0 bridgehead atoms. The number of nitrogen functional groups attached to an aromatic ring is 1. The largest absolute Gasteiger partial charge is 0.497 e. The van der Waals surface area contributed by atoms with Crippen LogP contribution < -0.4 is 20.7 Å². The van der Waals surface area contributed by atoms with Crippen molar-refractivity contribution < 1.29 is 9.15 Å². The Labute approximate surface area is 169 Å². The molecule has 0 saturated carbocycles. The van der Waals surface area contributed by atoms with Gasteiger partial charge in [-0.15, -0.1) is 0 Å². The fraction of sp³-hybridized carbons (Fsp3) is 0.350. The van der Waals surface area contributed by atoms with Gasteiger partial charge in [-0.2, -0.15) is 15.0 Å². The molecule has 1 saturated heterocycles. The predicted molar refractivity (Wildman–Crippen MR) is 111 cm³/mol. The highest BCUT2D eigenvalue weighted by atomic mass is 16.5. The van der Waals surface area contributed by atoms with Crippen LogP contribution in [0.1, 0.15) is 11.6 Å². The molecule has 0 amide bonds. The van der Waals surface area contributed by atoms with Crippen LogP contribution in [-0.2, 0) is 13.1 Å². The number of benzene rings is 1. The van der Waals surface area contributed by atoms with Crippen LogP contribution in [0.4, 0.5) is 17.6 Å². The number of methoxy groups -OCH3 is 1. The van der Waals surface area contributed by atoms with Crippen molar-refractivity contribution in [3.05, 3.63) is 54.2 Å². The Morgan fingerprint density at radius 2 is 1.97 bits per heavy atom. The van der Waals surface area contributed by atoms with Crippen LogP contribution in [0.25, 0.3) is 0 Å². The van der Waals surface area contributed by atoms with E-state index < -0.39 is 0 Å². The van der Waals surface area contributed by atoms with Crippen LogP contribution in [0, 0.1) is 0 Å². The van der Waals surface area contributed by atoms with Gasteiger partial charge < -0.3 is 25.1 Å². The Bertz CT molecular complexity index is 924. The molecule has 9 nitrogen and oxygen atoms in total. The first-order valence-corrected chi connectivity index (χ1v) is 9.57. The molecule has 3 aromatic rings. The van der Waals surface area contributed by atoms with Crippen LogP contribution in [0.3, 0.4) is 0 Å². The summed E-state index contributed by atoms with van der Waals surface area (Å²) in [6.45, 7) is 4.81. The number of aromatic nitrogens is 3. The lowest BCUT2D eigenvalue weighted by Gasteiger charge is -2.35. The van der Waals surface area contributed by atoms with Crippen molar-refractivity contribution in [2.45, 2.75) is 13.1 Å². The predicted octanol–water partition coefficient (Wildman–Crippen LogP) is 1.99. The topological polar surface area (TPSA) is 106 Å². The molecule has 1 aliphatic heterocycles. The second-order valence-corrected chi connectivity index (χ2v) is 6.83. The summed E-state index contributed by atoms with van der Waals surface area (Å²) in [5.41, 5.74) is 7.05. The Hall–Kier alpha value is -3.33. The van der Waals surface area contributed by atoms with Gasteiger partial charge in [0.25, 0.3) is 0 Å². The highest BCUT2D eigenvalue weighted by Crippen LogP contribution is 2.22. The zero-order chi connectivity index (χ0) is 20.1. The molecular weight excluding hydrogens is 370 g/mol. The monoisotopic (exact) mass is 395 g/mol. The van der Waals surface area contributed by atoms with Crippen molar-refractivity contribution in [1.82, 2.24) is 19.9 Å². The van der Waals surface area contributed by atoms with Crippen molar-refractivity contribution in [1.29, 1.82) is 0 Å². The minimum atomic E-state index is 0.215. The summed E-state index contributed by atoms with van der Waals surface area (Å²) in [5.74, 6) is 3.01. The number of anilines is 3. The summed E-state index contributed by atoms with van der Waals surface area (Å²) in [6, 6.07) is 11.9. The van der Waals surface area contributed by atoms with E-state index in [1.165, 1.54) is 5.69 Å². The molecule has 3 N–H and O–H groups in total. The Kier molecular flexibility index (Phi) is 5.76. The molecule has 29 heavy (non-hydrogen) atoms. The minimum Gasteiger partial charge on any atom is -0.497 e. The van der Waals surface area contributed by atoms with Crippen molar-refractivity contribution in [3.8, 4) is 5.75 Å². The second-order valence-electron chi connectivity index (χ2n) is 6.83. The highest BCUT2D eigenvalue weighted by Gasteiger charge is 2.19. The molecule has 0 unspecified atom stereocenters. The fourth-order valence-corrected chi connectivity index (χ4v) is 3.34. The Morgan fingerprint density at radius 1 is 1.10 bits per heavy atom. The van der Waals surface area contributed by atoms with Crippen molar-refractivity contribution >= 4 is 17.6 Å². The van der Waals surface area contributed by atoms with Crippen LogP contribution in [-0.4, -0.2) is 53.1 Å². The number of nitrogens with two attached hydrogens (primary N) is 1. The number of nitrogens with one attached hydrogen (secondary N) is 1. The first-order valence-electron chi connectivity index (χ1n) is 9.57. The summed E-state index contributed by atoms with van der Waals surface area (Å²) in [5, 5.41) is 3.13. The zero-order valence-electron chi connectivity index (χ0n) is 16.4. The van der Waals surface area contributed by atoms with E-state index in [2.05, 4.69) is 42.2 Å². The average molecular weight is 395 g/mol. The van der Waals surface area contributed by atoms with Crippen LogP contribution in [0.2, 0.25) is 0 Å².